The zero-order valence-electron chi connectivity index (χ0n) is 9.45. The summed E-state index contributed by atoms with van der Waals surface area (Å²) in [6, 6.07) is 0. The molecule has 3 N–H and O–H groups in total. The highest BCUT2D eigenvalue weighted by Gasteiger charge is 2.22. The van der Waals surface area contributed by atoms with E-state index in [0.717, 1.165) is 12.8 Å². The molecule has 0 aromatic carbocycles. The Kier molecular flexibility index (Phi) is 4.45. The minimum absolute atomic E-state index is 0.108. The quantitative estimate of drug-likeness (QED) is 0.630. The van der Waals surface area contributed by atoms with Crippen molar-refractivity contribution < 1.29 is 13.5 Å². The normalized spacial score (nSPS) is 11.9. The highest BCUT2D eigenvalue weighted by Crippen LogP contribution is 2.15. The number of nitrogens with zero attached hydrogens (tertiary/aromatic N) is 1. The van der Waals surface area contributed by atoms with E-state index in [0.29, 0.717) is 17.8 Å². The maximum absolute atomic E-state index is 11.8. The number of hydrogen-bond donors (Lipinski definition) is 3. The van der Waals surface area contributed by atoms with Gasteiger partial charge < -0.3 is 5.11 Å². The van der Waals surface area contributed by atoms with Crippen LogP contribution in [0.4, 0.5) is 0 Å². The summed E-state index contributed by atoms with van der Waals surface area (Å²) in [6.07, 6.45) is 1.69. The molecule has 0 bridgehead atoms. The molecule has 0 spiro atoms. The molecule has 16 heavy (non-hydrogen) atoms. The van der Waals surface area contributed by atoms with E-state index >= 15 is 0 Å². The Hall–Kier alpha value is -0.920. The van der Waals surface area contributed by atoms with E-state index in [-0.39, 0.29) is 11.6 Å². The van der Waals surface area contributed by atoms with Crippen molar-refractivity contribution in [2.45, 2.75) is 38.3 Å². The van der Waals surface area contributed by atoms with Gasteiger partial charge in [0.25, 0.3) is 10.0 Å². The molecule has 0 saturated carbocycles. The maximum atomic E-state index is 11.8. The summed E-state index contributed by atoms with van der Waals surface area (Å²) < 4.78 is 26.0. The van der Waals surface area contributed by atoms with Crippen molar-refractivity contribution in [1.82, 2.24) is 14.9 Å². The first kappa shape index (κ1) is 13.1. The first-order valence-electron chi connectivity index (χ1n) is 5.17. The third kappa shape index (κ3) is 2.81. The van der Waals surface area contributed by atoms with Gasteiger partial charge in [0, 0.05) is 17.8 Å². The zero-order chi connectivity index (χ0) is 12.2. The summed E-state index contributed by atoms with van der Waals surface area (Å²) in [5.74, 6) is 0. The molecule has 0 atom stereocenters. The van der Waals surface area contributed by atoms with Gasteiger partial charge in [-0.1, -0.05) is 13.3 Å². The number of aliphatic hydroxyl groups is 1. The van der Waals surface area contributed by atoms with Crippen LogP contribution in [0.1, 0.15) is 31.0 Å². The molecule has 0 unspecified atom stereocenters. The third-order valence-corrected chi connectivity index (χ3v) is 3.70. The van der Waals surface area contributed by atoms with Crippen molar-refractivity contribution in [3.05, 3.63) is 11.3 Å². The lowest BCUT2D eigenvalue weighted by Gasteiger charge is -2.04. The summed E-state index contributed by atoms with van der Waals surface area (Å²) >= 11 is 0. The van der Waals surface area contributed by atoms with Crippen molar-refractivity contribution in [3.63, 3.8) is 0 Å². The molecule has 0 saturated heterocycles. The number of unbranched alkanes of at least 4 members (excludes halogenated alkanes) is 1. The number of hydrogen-bond acceptors (Lipinski definition) is 4. The average Bonchev–Trinajstić information content (AvgIpc) is 2.60. The molecule has 1 aromatic heterocycles. The average molecular weight is 247 g/mol. The van der Waals surface area contributed by atoms with Gasteiger partial charge in [0.1, 0.15) is 0 Å². The lowest BCUT2D eigenvalue weighted by atomic mass is 10.3. The summed E-state index contributed by atoms with van der Waals surface area (Å²) in [7, 11) is -3.61. The fourth-order valence-electron chi connectivity index (χ4n) is 1.29. The Bertz CT molecular complexity index is 439. The van der Waals surface area contributed by atoms with Crippen LogP contribution in [0, 0.1) is 6.92 Å². The highest BCUT2D eigenvalue weighted by atomic mass is 32.2. The zero-order valence-corrected chi connectivity index (χ0v) is 10.3. The van der Waals surface area contributed by atoms with Crippen molar-refractivity contribution in [2.24, 2.45) is 0 Å². The fourth-order valence-corrected chi connectivity index (χ4v) is 2.55. The summed E-state index contributed by atoms with van der Waals surface area (Å²) in [4.78, 5) is 0. The van der Waals surface area contributed by atoms with Crippen LogP contribution in [0.5, 0.6) is 0 Å². The lowest BCUT2D eigenvalue weighted by Crippen LogP contribution is -2.26. The van der Waals surface area contributed by atoms with Crippen LogP contribution < -0.4 is 4.72 Å². The molecule has 6 nitrogen and oxygen atoms in total. The first-order valence-corrected chi connectivity index (χ1v) is 6.65. The first-order chi connectivity index (χ1) is 7.53. The molecule has 1 aromatic rings. The van der Waals surface area contributed by atoms with E-state index in [1.165, 1.54) is 0 Å². The Morgan fingerprint density at radius 3 is 2.75 bits per heavy atom. The number of H-pyrrole nitrogens is 1. The molecule has 0 radical (unpaired) electrons. The number of sulfonamides is 1. The SMILES string of the molecule is CCCCNS(=O)(=O)c1n[nH]c(C)c1CO. The number of aromatic nitrogens is 2. The number of aliphatic hydroxyl groups excluding tert-OH is 1. The predicted molar refractivity (Wildman–Crippen MR) is 59.3 cm³/mol. The minimum Gasteiger partial charge on any atom is -0.392 e. The second-order valence-electron chi connectivity index (χ2n) is 3.54. The monoisotopic (exact) mass is 247 g/mol. The molecule has 0 aliphatic heterocycles. The topological polar surface area (TPSA) is 95.1 Å². The second-order valence-corrected chi connectivity index (χ2v) is 5.22. The van der Waals surface area contributed by atoms with Crippen molar-refractivity contribution in [3.8, 4) is 0 Å². The van der Waals surface area contributed by atoms with Crippen LogP contribution in [-0.2, 0) is 16.6 Å². The van der Waals surface area contributed by atoms with Gasteiger partial charge in [-0.2, -0.15) is 5.10 Å². The van der Waals surface area contributed by atoms with Gasteiger partial charge in [0.2, 0.25) is 0 Å². The van der Waals surface area contributed by atoms with Crippen LogP contribution >= 0.6 is 0 Å². The Morgan fingerprint density at radius 2 is 2.19 bits per heavy atom. The third-order valence-electron chi connectivity index (χ3n) is 2.27. The number of nitrogens with one attached hydrogen (secondary N) is 2. The summed E-state index contributed by atoms with van der Waals surface area (Å²) in [6.45, 7) is 3.69. The second kappa shape index (κ2) is 5.42. The van der Waals surface area contributed by atoms with Crippen LogP contribution in [0.3, 0.4) is 0 Å². The molecule has 0 amide bonds. The molecule has 0 aliphatic carbocycles. The molecule has 1 heterocycles. The Balaban J connectivity index is 2.89. The minimum atomic E-state index is -3.61. The maximum Gasteiger partial charge on any atom is 0.260 e. The van der Waals surface area contributed by atoms with Gasteiger partial charge in [-0.15, -0.1) is 0 Å². The van der Waals surface area contributed by atoms with E-state index < -0.39 is 10.0 Å². The van der Waals surface area contributed by atoms with Gasteiger partial charge in [-0.25, -0.2) is 13.1 Å². The molecular weight excluding hydrogens is 230 g/mol. The fraction of sp³-hybridized carbons (Fsp3) is 0.667. The molecule has 1 rings (SSSR count). The van der Waals surface area contributed by atoms with E-state index in [4.69, 9.17) is 5.11 Å². The summed E-state index contributed by atoms with van der Waals surface area (Å²) in [5, 5.41) is 15.2. The van der Waals surface area contributed by atoms with Crippen LogP contribution in [0.15, 0.2) is 5.03 Å². The lowest BCUT2D eigenvalue weighted by molar-refractivity contribution is 0.277. The molecule has 7 heteroatoms. The number of rotatable bonds is 6. The van der Waals surface area contributed by atoms with E-state index in [9.17, 15) is 8.42 Å². The van der Waals surface area contributed by atoms with Gasteiger partial charge >= 0.3 is 0 Å². The predicted octanol–water partition coefficient (Wildman–Crippen LogP) is 0.289. The van der Waals surface area contributed by atoms with E-state index in [1.54, 1.807) is 6.92 Å². The van der Waals surface area contributed by atoms with Crippen LogP contribution in [0.25, 0.3) is 0 Å². The van der Waals surface area contributed by atoms with Crippen molar-refractivity contribution >= 4 is 10.0 Å². The molecule has 92 valence electrons. The standard InChI is InChI=1S/C9H17N3O3S/c1-3-4-5-10-16(14,15)9-8(6-13)7(2)11-12-9/h10,13H,3-6H2,1-2H3,(H,11,12). The highest BCUT2D eigenvalue weighted by molar-refractivity contribution is 7.89. The van der Waals surface area contributed by atoms with Gasteiger partial charge in [-0.05, 0) is 13.3 Å². The van der Waals surface area contributed by atoms with Crippen LogP contribution in [-0.4, -0.2) is 30.3 Å². The molecule has 0 fully saturated rings. The van der Waals surface area contributed by atoms with E-state index in [2.05, 4.69) is 14.9 Å². The van der Waals surface area contributed by atoms with Crippen LogP contribution in [0.2, 0.25) is 0 Å². The Labute approximate surface area is 95.1 Å². The Morgan fingerprint density at radius 1 is 1.50 bits per heavy atom. The smallest absolute Gasteiger partial charge is 0.260 e. The number of aryl methyl sites for hydroxylation is 1. The summed E-state index contributed by atoms with van der Waals surface area (Å²) in [5.41, 5.74) is 0.891. The van der Waals surface area contributed by atoms with Gasteiger partial charge in [0.15, 0.2) is 5.03 Å². The molecule has 0 aliphatic rings. The van der Waals surface area contributed by atoms with Gasteiger partial charge in [0.05, 0.1) is 6.61 Å². The largest absolute Gasteiger partial charge is 0.392 e. The van der Waals surface area contributed by atoms with Crippen molar-refractivity contribution in [1.29, 1.82) is 0 Å². The number of aromatic amines is 1. The van der Waals surface area contributed by atoms with E-state index in [1.807, 2.05) is 6.92 Å². The van der Waals surface area contributed by atoms with Gasteiger partial charge in [-0.3, -0.25) is 5.10 Å². The van der Waals surface area contributed by atoms with Crippen molar-refractivity contribution in [2.75, 3.05) is 6.54 Å². The molecular formula is C9H17N3O3S.